The molecule has 0 bridgehead atoms. The van der Waals surface area contributed by atoms with Gasteiger partial charge in [-0.15, -0.1) is 0 Å². The molecule has 0 aromatic heterocycles. The minimum absolute atomic E-state index is 0.210. The van der Waals surface area contributed by atoms with Gasteiger partial charge in [0.2, 0.25) is 0 Å². The summed E-state index contributed by atoms with van der Waals surface area (Å²) in [7, 11) is 0. The lowest BCUT2D eigenvalue weighted by atomic mass is 10.3. The van der Waals surface area contributed by atoms with E-state index in [0.29, 0.717) is 10.8 Å². The molecule has 2 aromatic rings. The maximum Gasteiger partial charge on any atom is 0.265 e. The van der Waals surface area contributed by atoms with Gasteiger partial charge in [0.15, 0.2) is 6.10 Å². The Labute approximate surface area is 131 Å². The van der Waals surface area contributed by atoms with E-state index in [-0.39, 0.29) is 5.91 Å². The van der Waals surface area contributed by atoms with Crippen LogP contribution >= 0.6 is 27.5 Å². The van der Waals surface area contributed by atoms with E-state index in [9.17, 15) is 4.79 Å². The molecule has 1 unspecified atom stereocenters. The van der Waals surface area contributed by atoms with Gasteiger partial charge in [-0.2, -0.15) is 0 Å². The largest absolute Gasteiger partial charge is 0.481 e. The summed E-state index contributed by atoms with van der Waals surface area (Å²) >= 11 is 9.15. The summed E-state index contributed by atoms with van der Waals surface area (Å²) in [5, 5.41) is 3.42. The number of halogens is 2. The normalized spacial score (nSPS) is 11.8. The van der Waals surface area contributed by atoms with Crippen LogP contribution in [0.25, 0.3) is 0 Å². The maximum atomic E-state index is 12.0. The molecule has 0 saturated carbocycles. The van der Waals surface area contributed by atoms with Gasteiger partial charge in [-0.25, -0.2) is 0 Å². The second kappa shape index (κ2) is 6.77. The van der Waals surface area contributed by atoms with E-state index in [1.807, 2.05) is 24.3 Å². The molecule has 0 aliphatic heterocycles. The highest BCUT2D eigenvalue weighted by atomic mass is 79.9. The Bertz CT molecular complexity index is 601. The monoisotopic (exact) mass is 353 g/mol. The van der Waals surface area contributed by atoms with Gasteiger partial charge < -0.3 is 10.1 Å². The molecule has 2 aromatic carbocycles. The van der Waals surface area contributed by atoms with Gasteiger partial charge in [0, 0.05) is 15.2 Å². The van der Waals surface area contributed by atoms with Gasteiger partial charge in [0.1, 0.15) is 5.75 Å². The minimum Gasteiger partial charge on any atom is -0.481 e. The number of amides is 1. The number of carbonyl (C=O) groups excluding carboxylic acids is 1. The second-order valence-corrected chi connectivity index (χ2v) is 5.57. The van der Waals surface area contributed by atoms with Gasteiger partial charge in [-0.3, -0.25) is 4.79 Å². The number of ether oxygens (including phenoxy) is 1. The second-order valence-electron chi connectivity index (χ2n) is 4.21. The number of hydrogen-bond donors (Lipinski definition) is 1. The Morgan fingerprint density at radius 3 is 2.60 bits per heavy atom. The van der Waals surface area contributed by atoms with Crippen molar-refractivity contribution in [3.63, 3.8) is 0 Å². The Morgan fingerprint density at radius 2 is 1.95 bits per heavy atom. The lowest BCUT2D eigenvalue weighted by molar-refractivity contribution is -0.122. The third kappa shape index (κ3) is 4.25. The lowest BCUT2D eigenvalue weighted by Gasteiger charge is -2.14. The number of hydrogen-bond acceptors (Lipinski definition) is 2. The van der Waals surface area contributed by atoms with E-state index in [1.165, 1.54) is 0 Å². The highest BCUT2D eigenvalue weighted by molar-refractivity contribution is 9.10. The summed E-state index contributed by atoms with van der Waals surface area (Å²) in [5.41, 5.74) is 0.718. The zero-order valence-electron chi connectivity index (χ0n) is 10.8. The summed E-state index contributed by atoms with van der Waals surface area (Å²) in [4.78, 5) is 12.0. The van der Waals surface area contributed by atoms with Gasteiger partial charge in [-0.1, -0.05) is 33.6 Å². The van der Waals surface area contributed by atoms with Crippen LogP contribution in [0.3, 0.4) is 0 Å². The SMILES string of the molecule is CC(Oc1ccc(Cl)cc1)C(=O)Nc1cccc(Br)c1. The molecule has 2 rings (SSSR count). The predicted octanol–water partition coefficient (Wildman–Crippen LogP) is 4.51. The molecule has 1 N–H and O–H groups in total. The first kappa shape index (κ1) is 14.9. The standard InChI is InChI=1S/C15H13BrClNO2/c1-10(20-14-7-5-12(17)6-8-14)15(19)18-13-4-2-3-11(16)9-13/h2-10H,1H3,(H,18,19). The molecule has 5 heteroatoms. The average molecular weight is 355 g/mol. The predicted molar refractivity (Wildman–Crippen MR) is 84.3 cm³/mol. The van der Waals surface area contributed by atoms with Crippen LogP contribution < -0.4 is 10.1 Å². The summed E-state index contributed by atoms with van der Waals surface area (Å²) in [6.07, 6.45) is -0.602. The summed E-state index contributed by atoms with van der Waals surface area (Å²) < 4.78 is 6.46. The molecular weight excluding hydrogens is 342 g/mol. The third-order valence-corrected chi connectivity index (χ3v) is 3.33. The van der Waals surface area contributed by atoms with E-state index >= 15 is 0 Å². The van der Waals surface area contributed by atoms with Crippen molar-refractivity contribution in [1.82, 2.24) is 0 Å². The van der Waals surface area contributed by atoms with Gasteiger partial charge in [0.25, 0.3) is 5.91 Å². The highest BCUT2D eigenvalue weighted by Gasteiger charge is 2.14. The fraction of sp³-hybridized carbons (Fsp3) is 0.133. The first-order chi connectivity index (χ1) is 9.54. The van der Waals surface area contributed by atoms with E-state index in [2.05, 4.69) is 21.2 Å². The molecule has 3 nitrogen and oxygen atoms in total. The number of benzene rings is 2. The molecule has 20 heavy (non-hydrogen) atoms. The Morgan fingerprint density at radius 1 is 1.25 bits per heavy atom. The molecule has 104 valence electrons. The van der Waals surface area contributed by atoms with Gasteiger partial charge in [-0.05, 0) is 49.4 Å². The number of nitrogens with one attached hydrogen (secondary N) is 1. The van der Waals surface area contributed by atoms with Crippen LogP contribution in [-0.2, 0) is 4.79 Å². The molecule has 0 radical (unpaired) electrons. The fourth-order valence-corrected chi connectivity index (χ4v) is 2.11. The molecule has 0 heterocycles. The quantitative estimate of drug-likeness (QED) is 0.877. The first-order valence-electron chi connectivity index (χ1n) is 6.03. The third-order valence-electron chi connectivity index (χ3n) is 2.59. The molecule has 1 amide bonds. The van der Waals surface area contributed by atoms with E-state index in [4.69, 9.17) is 16.3 Å². The molecule has 0 spiro atoms. The van der Waals surface area contributed by atoms with Crippen molar-refractivity contribution in [3.8, 4) is 5.75 Å². The van der Waals surface area contributed by atoms with Crippen molar-refractivity contribution in [2.75, 3.05) is 5.32 Å². The zero-order chi connectivity index (χ0) is 14.5. The van der Waals surface area contributed by atoms with Crippen molar-refractivity contribution in [2.24, 2.45) is 0 Å². The van der Waals surface area contributed by atoms with Crippen molar-refractivity contribution in [3.05, 3.63) is 58.0 Å². The van der Waals surface area contributed by atoms with Crippen LogP contribution in [0.4, 0.5) is 5.69 Å². The van der Waals surface area contributed by atoms with Crippen LogP contribution in [-0.4, -0.2) is 12.0 Å². The van der Waals surface area contributed by atoms with Gasteiger partial charge in [0.05, 0.1) is 0 Å². The van der Waals surface area contributed by atoms with Crippen molar-refractivity contribution in [1.29, 1.82) is 0 Å². The highest BCUT2D eigenvalue weighted by Crippen LogP contribution is 2.18. The molecule has 1 atom stereocenters. The van der Waals surface area contributed by atoms with Crippen molar-refractivity contribution >= 4 is 39.1 Å². The molecule has 0 saturated heterocycles. The smallest absolute Gasteiger partial charge is 0.265 e. The van der Waals surface area contributed by atoms with E-state index < -0.39 is 6.10 Å². The number of anilines is 1. The van der Waals surface area contributed by atoms with Crippen molar-refractivity contribution in [2.45, 2.75) is 13.0 Å². The maximum absolute atomic E-state index is 12.0. The Balaban J connectivity index is 1.96. The topological polar surface area (TPSA) is 38.3 Å². The van der Waals surface area contributed by atoms with E-state index in [0.717, 1.165) is 10.2 Å². The minimum atomic E-state index is -0.602. The van der Waals surface area contributed by atoms with Crippen LogP contribution in [0, 0.1) is 0 Å². The Kier molecular flexibility index (Phi) is 5.04. The molecule has 0 fully saturated rings. The number of rotatable bonds is 4. The first-order valence-corrected chi connectivity index (χ1v) is 7.20. The summed E-state index contributed by atoms with van der Waals surface area (Å²) in [6, 6.07) is 14.3. The van der Waals surface area contributed by atoms with Gasteiger partial charge >= 0.3 is 0 Å². The van der Waals surface area contributed by atoms with Crippen LogP contribution in [0.5, 0.6) is 5.75 Å². The molecule has 0 aliphatic carbocycles. The lowest BCUT2D eigenvalue weighted by Crippen LogP contribution is -2.30. The summed E-state index contributed by atoms with van der Waals surface area (Å²) in [5.74, 6) is 0.393. The van der Waals surface area contributed by atoms with Crippen LogP contribution in [0.2, 0.25) is 5.02 Å². The average Bonchev–Trinajstić information content (AvgIpc) is 2.41. The number of carbonyl (C=O) groups is 1. The molecular formula is C15H13BrClNO2. The van der Waals surface area contributed by atoms with Crippen LogP contribution in [0.1, 0.15) is 6.92 Å². The fourth-order valence-electron chi connectivity index (χ4n) is 1.58. The van der Waals surface area contributed by atoms with Crippen molar-refractivity contribution < 1.29 is 9.53 Å². The van der Waals surface area contributed by atoms with Crippen LogP contribution in [0.15, 0.2) is 53.0 Å². The summed E-state index contributed by atoms with van der Waals surface area (Å²) in [6.45, 7) is 1.70. The van der Waals surface area contributed by atoms with E-state index in [1.54, 1.807) is 31.2 Å². The molecule has 0 aliphatic rings. The Hall–Kier alpha value is -1.52. The zero-order valence-corrected chi connectivity index (χ0v) is 13.1.